The van der Waals surface area contributed by atoms with Crippen molar-refractivity contribution in [2.24, 2.45) is 7.05 Å². The van der Waals surface area contributed by atoms with E-state index < -0.39 is 0 Å². The minimum atomic E-state index is -0.299. The zero-order valence-corrected chi connectivity index (χ0v) is 7.86. The maximum absolute atomic E-state index is 9.32. The summed E-state index contributed by atoms with van der Waals surface area (Å²) in [6.07, 6.45) is 3.27. The Balaban J connectivity index is 2.36. The minimum Gasteiger partial charge on any atom is -0.389 e. The summed E-state index contributed by atoms with van der Waals surface area (Å²) >= 11 is 0. The Kier molecular flexibility index (Phi) is 1.92. The van der Waals surface area contributed by atoms with Gasteiger partial charge in [-0.15, -0.1) is 10.2 Å². The average Bonchev–Trinajstić information content (AvgIpc) is 2.62. The van der Waals surface area contributed by atoms with E-state index in [0.717, 1.165) is 30.1 Å². The summed E-state index contributed by atoms with van der Waals surface area (Å²) in [5.74, 6) is 1.78. The molecule has 1 aromatic rings. The molecule has 1 atom stereocenters. The van der Waals surface area contributed by atoms with E-state index in [1.54, 1.807) is 0 Å². The molecule has 0 fully saturated rings. The first kappa shape index (κ1) is 8.44. The molecule has 1 unspecified atom stereocenters. The van der Waals surface area contributed by atoms with Crippen LogP contribution in [0.5, 0.6) is 0 Å². The van der Waals surface area contributed by atoms with Crippen LogP contribution in [-0.2, 0) is 7.05 Å². The van der Waals surface area contributed by atoms with Crippen LogP contribution >= 0.6 is 0 Å². The summed E-state index contributed by atoms with van der Waals surface area (Å²) in [5.41, 5.74) is 1.11. The minimum absolute atomic E-state index is 0.299. The Morgan fingerprint density at radius 2 is 2.31 bits per heavy atom. The summed E-state index contributed by atoms with van der Waals surface area (Å²) in [5, 5.41) is 17.4. The Morgan fingerprint density at radius 3 is 2.77 bits per heavy atom. The van der Waals surface area contributed by atoms with E-state index in [9.17, 15) is 5.11 Å². The molecule has 0 bridgehead atoms. The van der Waals surface area contributed by atoms with E-state index in [1.165, 1.54) is 0 Å². The van der Waals surface area contributed by atoms with Crippen molar-refractivity contribution in [3.8, 4) is 0 Å². The largest absolute Gasteiger partial charge is 0.389 e. The van der Waals surface area contributed by atoms with Crippen LogP contribution < -0.4 is 0 Å². The molecule has 0 amide bonds. The van der Waals surface area contributed by atoms with Crippen molar-refractivity contribution in [1.82, 2.24) is 14.8 Å². The first-order chi connectivity index (χ1) is 6.18. The highest BCUT2D eigenvalue weighted by atomic mass is 16.3. The molecule has 1 aromatic heterocycles. The average molecular weight is 179 g/mol. The molecule has 0 aromatic carbocycles. The van der Waals surface area contributed by atoms with Crippen molar-refractivity contribution in [2.75, 3.05) is 0 Å². The van der Waals surface area contributed by atoms with Gasteiger partial charge in [0.25, 0.3) is 0 Å². The Hall–Kier alpha value is -1.16. The lowest BCUT2D eigenvalue weighted by molar-refractivity contribution is 0.223. The molecular weight excluding hydrogens is 166 g/mol. The third kappa shape index (κ3) is 1.37. The third-order valence-corrected chi connectivity index (χ3v) is 2.48. The number of hydrogen-bond acceptors (Lipinski definition) is 3. The maximum atomic E-state index is 9.32. The smallest absolute Gasteiger partial charge is 0.159 e. The fourth-order valence-corrected chi connectivity index (χ4v) is 1.58. The van der Waals surface area contributed by atoms with Crippen molar-refractivity contribution < 1.29 is 5.11 Å². The van der Waals surface area contributed by atoms with E-state index in [-0.39, 0.29) is 6.10 Å². The van der Waals surface area contributed by atoms with Crippen LogP contribution in [0.2, 0.25) is 0 Å². The second-order valence-electron chi connectivity index (χ2n) is 3.43. The lowest BCUT2D eigenvalue weighted by Crippen LogP contribution is -1.97. The van der Waals surface area contributed by atoms with Gasteiger partial charge in [-0.2, -0.15) is 0 Å². The lowest BCUT2D eigenvalue weighted by atomic mass is 10.2. The van der Waals surface area contributed by atoms with Crippen LogP contribution in [-0.4, -0.2) is 26.0 Å². The summed E-state index contributed by atoms with van der Waals surface area (Å²) < 4.78 is 1.95. The number of allylic oxidation sites excluding steroid dienone is 1. The molecule has 4 heteroatoms. The molecular formula is C9H13N3O. The number of aryl methyl sites for hydroxylation is 1. The Morgan fingerprint density at radius 1 is 1.54 bits per heavy atom. The van der Waals surface area contributed by atoms with E-state index in [1.807, 2.05) is 24.6 Å². The molecule has 0 radical (unpaired) electrons. The molecule has 0 spiro atoms. The highest BCUT2D eigenvalue weighted by Crippen LogP contribution is 2.26. The fourth-order valence-electron chi connectivity index (χ4n) is 1.58. The molecule has 13 heavy (non-hydrogen) atoms. The SMILES string of the molecule is Cc1nnc(C2=CC(O)CC2)n1C. The van der Waals surface area contributed by atoms with Gasteiger partial charge in [-0.05, 0) is 31.4 Å². The van der Waals surface area contributed by atoms with Gasteiger partial charge in [0.1, 0.15) is 5.82 Å². The summed E-state index contributed by atoms with van der Waals surface area (Å²) in [4.78, 5) is 0. The van der Waals surface area contributed by atoms with Gasteiger partial charge in [0.15, 0.2) is 5.82 Å². The van der Waals surface area contributed by atoms with Crippen LogP contribution in [0, 0.1) is 6.92 Å². The number of nitrogens with zero attached hydrogens (tertiary/aromatic N) is 3. The zero-order chi connectivity index (χ0) is 9.42. The number of rotatable bonds is 1. The van der Waals surface area contributed by atoms with Crippen molar-refractivity contribution >= 4 is 5.57 Å². The van der Waals surface area contributed by atoms with Gasteiger partial charge in [-0.25, -0.2) is 0 Å². The number of aromatic nitrogens is 3. The van der Waals surface area contributed by atoms with Gasteiger partial charge in [0.2, 0.25) is 0 Å². The van der Waals surface area contributed by atoms with E-state index in [4.69, 9.17) is 0 Å². The second kappa shape index (κ2) is 2.96. The van der Waals surface area contributed by atoms with Crippen molar-refractivity contribution in [2.45, 2.75) is 25.9 Å². The van der Waals surface area contributed by atoms with Gasteiger partial charge in [-0.1, -0.05) is 0 Å². The maximum Gasteiger partial charge on any atom is 0.159 e. The topological polar surface area (TPSA) is 50.9 Å². The molecule has 0 saturated carbocycles. The normalized spacial score (nSPS) is 22.1. The van der Waals surface area contributed by atoms with E-state index in [2.05, 4.69) is 10.2 Å². The fraction of sp³-hybridized carbons (Fsp3) is 0.556. The number of aliphatic hydroxyl groups excluding tert-OH is 1. The van der Waals surface area contributed by atoms with Crippen LogP contribution in [0.15, 0.2) is 6.08 Å². The Bertz CT molecular complexity index is 354. The van der Waals surface area contributed by atoms with Gasteiger partial charge in [0, 0.05) is 7.05 Å². The molecule has 2 rings (SSSR count). The summed E-state index contributed by atoms with van der Waals surface area (Å²) in [6, 6.07) is 0. The summed E-state index contributed by atoms with van der Waals surface area (Å²) in [7, 11) is 1.94. The first-order valence-electron chi connectivity index (χ1n) is 4.43. The van der Waals surface area contributed by atoms with Gasteiger partial charge >= 0.3 is 0 Å². The third-order valence-electron chi connectivity index (χ3n) is 2.48. The standard InChI is InChI=1S/C9H13N3O/c1-6-10-11-9(12(6)2)7-3-4-8(13)5-7/h5,8,13H,3-4H2,1-2H3. The molecule has 1 aliphatic carbocycles. The molecule has 1 heterocycles. The van der Waals surface area contributed by atoms with Gasteiger partial charge in [0.05, 0.1) is 6.10 Å². The molecule has 70 valence electrons. The molecule has 0 aliphatic heterocycles. The quantitative estimate of drug-likeness (QED) is 0.689. The number of aliphatic hydroxyl groups is 1. The van der Waals surface area contributed by atoms with Crippen LogP contribution in [0.3, 0.4) is 0 Å². The van der Waals surface area contributed by atoms with Crippen molar-refractivity contribution in [3.63, 3.8) is 0 Å². The van der Waals surface area contributed by atoms with E-state index >= 15 is 0 Å². The highest BCUT2D eigenvalue weighted by molar-refractivity contribution is 5.62. The second-order valence-corrected chi connectivity index (χ2v) is 3.43. The predicted octanol–water partition coefficient (Wildman–Crippen LogP) is 0.662. The van der Waals surface area contributed by atoms with E-state index in [0.29, 0.717) is 0 Å². The van der Waals surface area contributed by atoms with Gasteiger partial charge < -0.3 is 9.67 Å². The zero-order valence-electron chi connectivity index (χ0n) is 7.86. The Labute approximate surface area is 76.9 Å². The first-order valence-corrected chi connectivity index (χ1v) is 4.43. The van der Waals surface area contributed by atoms with Crippen LogP contribution in [0.1, 0.15) is 24.5 Å². The highest BCUT2D eigenvalue weighted by Gasteiger charge is 2.18. The number of hydrogen-bond donors (Lipinski definition) is 1. The summed E-state index contributed by atoms with van der Waals surface area (Å²) in [6.45, 7) is 1.92. The molecule has 4 nitrogen and oxygen atoms in total. The van der Waals surface area contributed by atoms with Gasteiger partial charge in [-0.3, -0.25) is 0 Å². The van der Waals surface area contributed by atoms with Crippen molar-refractivity contribution in [1.29, 1.82) is 0 Å². The monoisotopic (exact) mass is 179 g/mol. The van der Waals surface area contributed by atoms with Crippen LogP contribution in [0.4, 0.5) is 0 Å². The lowest BCUT2D eigenvalue weighted by Gasteiger charge is -2.00. The molecule has 0 saturated heterocycles. The predicted molar refractivity (Wildman–Crippen MR) is 49.0 cm³/mol. The molecule has 1 aliphatic rings. The molecule has 1 N–H and O–H groups in total. The van der Waals surface area contributed by atoms with Crippen LogP contribution in [0.25, 0.3) is 5.57 Å². The van der Waals surface area contributed by atoms with Crippen molar-refractivity contribution in [3.05, 3.63) is 17.7 Å².